The fourth-order valence-electron chi connectivity index (χ4n) is 2.36. The molecule has 1 aromatic carbocycles. The maximum absolute atomic E-state index is 13.3. The van der Waals surface area contributed by atoms with Gasteiger partial charge in [0.15, 0.2) is 4.34 Å². The zero-order valence-electron chi connectivity index (χ0n) is 15.1. The summed E-state index contributed by atoms with van der Waals surface area (Å²) in [5, 5.41) is 14.8. The highest BCUT2D eigenvalue weighted by atomic mass is 32.2. The van der Waals surface area contributed by atoms with Crippen LogP contribution in [0.5, 0.6) is 0 Å². The SMILES string of the molecule is CCOCCCNc1nnc(SC(C(=O)NC2CC2)c2ccc(F)cc2)s1. The normalized spacial score (nSPS) is 14.7. The number of halogens is 1. The Hall–Kier alpha value is -1.71. The lowest BCUT2D eigenvalue weighted by atomic mass is 10.1. The van der Waals surface area contributed by atoms with Gasteiger partial charge in [0, 0.05) is 25.8 Å². The smallest absolute Gasteiger partial charge is 0.238 e. The van der Waals surface area contributed by atoms with E-state index in [2.05, 4.69) is 20.8 Å². The minimum Gasteiger partial charge on any atom is -0.382 e. The number of benzene rings is 1. The molecule has 0 aliphatic heterocycles. The van der Waals surface area contributed by atoms with Crippen LogP contribution in [0.3, 0.4) is 0 Å². The average molecular weight is 411 g/mol. The van der Waals surface area contributed by atoms with Gasteiger partial charge >= 0.3 is 0 Å². The third-order valence-corrected chi connectivity index (χ3v) is 6.13. The number of thioether (sulfide) groups is 1. The highest BCUT2D eigenvalue weighted by Gasteiger charge is 2.30. The van der Waals surface area contributed by atoms with Crippen molar-refractivity contribution >= 4 is 34.1 Å². The molecule has 1 aromatic heterocycles. The Morgan fingerprint density at radius 3 is 2.85 bits per heavy atom. The van der Waals surface area contributed by atoms with Crippen molar-refractivity contribution in [3.8, 4) is 0 Å². The van der Waals surface area contributed by atoms with Gasteiger partial charge in [-0.2, -0.15) is 0 Å². The topological polar surface area (TPSA) is 76.1 Å². The number of ether oxygens (including phenoxy) is 1. The molecule has 6 nitrogen and oxygen atoms in total. The Labute approximate surface area is 166 Å². The van der Waals surface area contributed by atoms with E-state index in [1.54, 1.807) is 12.1 Å². The van der Waals surface area contributed by atoms with E-state index in [0.717, 1.165) is 36.5 Å². The van der Waals surface area contributed by atoms with Crippen LogP contribution in [0.4, 0.5) is 9.52 Å². The molecule has 2 N–H and O–H groups in total. The summed E-state index contributed by atoms with van der Waals surface area (Å²) < 4.78 is 19.3. The monoisotopic (exact) mass is 410 g/mol. The predicted octanol–water partition coefficient (Wildman–Crippen LogP) is 3.63. The van der Waals surface area contributed by atoms with Gasteiger partial charge in [-0.25, -0.2) is 4.39 Å². The van der Waals surface area contributed by atoms with Gasteiger partial charge in [0.25, 0.3) is 0 Å². The Morgan fingerprint density at radius 1 is 1.37 bits per heavy atom. The largest absolute Gasteiger partial charge is 0.382 e. The maximum Gasteiger partial charge on any atom is 0.238 e. The zero-order chi connectivity index (χ0) is 19.1. The Bertz CT molecular complexity index is 737. The number of carbonyl (C=O) groups is 1. The van der Waals surface area contributed by atoms with Crippen molar-refractivity contribution in [1.29, 1.82) is 0 Å². The van der Waals surface area contributed by atoms with Crippen molar-refractivity contribution in [1.82, 2.24) is 15.5 Å². The number of rotatable bonds is 11. The van der Waals surface area contributed by atoms with E-state index in [1.807, 2.05) is 6.92 Å². The lowest BCUT2D eigenvalue weighted by Crippen LogP contribution is -2.29. The van der Waals surface area contributed by atoms with Crippen molar-refractivity contribution in [2.45, 2.75) is 41.8 Å². The first-order valence-corrected chi connectivity index (χ1v) is 10.7. The van der Waals surface area contributed by atoms with Crippen LogP contribution in [-0.4, -0.2) is 41.9 Å². The van der Waals surface area contributed by atoms with E-state index >= 15 is 0 Å². The summed E-state index contributed by atoms with van der Waals surface area (Å²) in [4.78, 5) is 12.7. The molecule has 0 radical (unpaired) electrons. The fraction of sp³-hybridized carbons (Fsp3) is 0.500. The second-order valence-corrected chi connectivity index (χ2v) is 8.51. The van der Waals surface area contributed by atoms with Crippen LogP contribution < -0.4 is 10.6 Å². The van der Waals surface area contributed by atoms with Gasteiger partial charge in [-0.15, -0.1) is 10.2 Å². The molecule has 1 saturated carbocycles. The molecule has 2 aromatic rings. The fourth-order valence-corrected chi connectivity index (χ4v) is 4.34. The van der Waals surface area contributed by atoms with Crippen LogP contribution >= 0.6 is 23.1 Å². The van der Waals surface area contributed by atoms with E-state index in [9.17, 15) is 9.18 Å². The standard InChI is InChI=1S/C18H23FN4O2S2/c1-2-25-11-3-10-20-17-22-23-18(27-17)26-15(16(24)21-14-8-9-14)12-4-6-13(19)7-5-12/h4-7,14-15H,2-3,8-11H2,1H3,(H,20,22)(H,21,24). The highest BCUT2D eigenvalue weighted by molar-refractivity contribution is 8.01. The molecule has 3 rings (SSSR count). The maximum atomic E-state index is 13.3. The first kappa shape index (κ1) is 20.0. The third kappa shape index (κ3) is 6.44. The van der Waals surface area contributed by atoms with Crippen LogP contribution in [0.1, 0.15) is 37.0 Å². The van der Waals surface area contributed by atoms with Crippen LogP contribution in [0.2, 0.25) is 0 Å². The van der Waals surface area contributed by atoms with E-state index in [1.165, 1.54) is 35.2 Å². The highest BCUT2D eigenvalue weighted by Crippen LogP contribution is 2.38. The molecule has 1 atom stereocenters. The van der Waals surface area contributed by atoms with Crippen LogP contribution in [0.25, 0.3) is 0 Å². The van der Waals surface area contributed by atoms with Crippen LogP contribution in [-0.2, 0) is 9.53 Å². The minimum atomic E-state index is -0.482. The molecule has 1 aliphatic rings. The van der Waals surface area contributed by atoms with Crippen molar-refractivity contribution in [2.75, 3.05) is 25.1 Å². The Kier molecular flexibility index (Phi) is 7.42. The summed E-state index contributed by atoms with van der Waals surface area (Å²) >= 11 is 2.75. The number of aromatic nitrogens is 2. The number of anilines is 1. The van der Waals surface area contributed by atoms with Gasteiger partial charge in [0.2, 0.25) is 11.0 Å². The van der Waals surface area contributed by atoms with E-state index < -0.39 is 5.25 Å². The first-order chi connectivity index (χ1) is 13.2. The van der Waals surface area contributed by atoms with Crippen molar-refractivity contribution < 1.29 is 13.9 Å². The van der Waals surface area contributed by atoms with Crippen LogP contribution in [0, 0.1) is 5.82 Å². The average Bonchev–Trinajstić information content (AvgIpc) is 3.36. The molecule has 9 heteroatoms. The predicted molar refractivity (Wildman–Crippen MR) is 106 cm³/mol. The van der Waals surface area contributed by atoms with E-state index in [4.69, 9.17) is 4.74 Å². The molecule has 1 heterocycles. The van der Waals surface area contributed by atoms with Gasteiger partial charge < -0.3 is 15.4 Å². The van der Waals surface area contributed by atoms with Gasteiger partial charge in [0.1, 0.15) is 11.1 Å². The number of nitrogens with one attached hydrogen (secondary N) is 2. The quantitative estimate of drug-likeness (QED) is 0.435. The summed E-state index contributed by atoms with van der Waals surface area (Å²) in [7, 11) is 0. The number of hydrogen-bond acceptors (Lipinski definition) is 7. The molecule has 146 valence electrons. The van der Waals surface area contributed by atoms with Gasteiger partial charge in [0.05, 0.1) is 0 Å². The molecule has 1 aliphatic carbocycles. The Morgan fingerprint density at radius 2 is 2.15 bits per heavy atom. The summed E-state index contributed by atoms with van der Waals surface area (Å²) in [5.74, 6) is -0.393. The number of hydrogen-bond donors (Lipinski definition) is 2. The molecule has 0 saturated heterocycles. The third-order valence-electron chi connectivity index (χ3n) is 3.91. The molecule has 1 fully saturated rings. The Balaban J connectivity index is 1.61. The second-order valence-electron chi connectivity index (χ2n) is 6.18. The van der Waals surface area contributed by atoms with Crippen molar-refractivity contribution in [2.24, 2.45) is 0 Å². The second kappa shape index (κ2) is 10.0. The molecule has 0 spiro atoms. The number of amides is 1. The molecule has 0 bridgehead atoms. The molecular formula is C18H23FN4O2S2. The summed E-state index contributed by atoms with van der Waals surface area (Å²) in [6.45, 7) is 4.15. The summed E-state index contributed by atoms with van der Waals surface area (Å²) in [6.07, 6.45) is 2.92. The molecule has 27 heavy (non-hydrogen) atoms. The first-order valence-electron chi connectivity index (χ1n) is 9.03. The van der Waals surface area contributed by atoms with Gasteiger partial charge in [-0.3, -0.25) is 4.79 Å². The number of nitrogens with zero attached hydrogens (tertiary/aromatic N) is 2. The van der Waals surface area contributed by atoms with E-state index in [-0.39, 0.29) is 17.8 Å². The zero-order valence-corrected chi connectivity index (χ0v) is 16.7. The molecule has 1 amide bonds. The van der Waals surface area contributed by atoms with Crippen LogP contribution in [0.15, 0.2) is 28.6 Å². The van der Waals surface area contributed by atoms with Crippen molar-refractivity contribution in [3.05, 3.63) is 35.6 Å². The minimum absolute atomic E-state index is 0.0736. The van der Waals surface area contributed by atoms with Crippen molar-refractivity contribution in [3.63, 3.8) is 0 Å². The molecule has 1 unspecified atom stereocenters. The summed E-state index contributed by atoms with van der Waals surface area (Å²) in [6, 6.07) is 6.30. The lowest BCUT2D eigenvalue weighted by molar-refractivity contribution is -0.120. The lowest BCUT2D eigenvalue weighted by Gasteiger charge is -2.15. The van der Waals surface area contributed by atoms with Gasteiger partial charge in [-0.05, 0) is 43.9 Å². The summed E-state index contributed by atoms with van der Waals surface area (Å²) in [5.41, 5.74) is 0.751. The number of carbonyl (C=O) groups excluding carboxylic acids is 1. The van der Waals surface area contributed by atoms with Gasteiger partial charge in [-0.1, -0.05) is 35.2 Å². The van der Waals surface area contributed by atoms with E-state index in [0.29, 0.717) is 17.6 Å². The molecular weight excluding hydrogens is 387 g/mol.